The van der Waals surface area contributed by atoms with Crippen molar-refractivity contribution in [3.8, 4) is 17.2 Å². The molecule has 23 heavy (non-hydrogen) atoms. The maximum atomic E-state index is 9.58. The third-order valence-corrected chi connectivity index (χ3v) is 3.97. The molecule has 0 bridgehead atoms. The Morgan fingerprint density at radius 1 is 1.26 bits per heavy atom. The molecule has 3 aromatic rings. The zero-order valence-corrected chi connectivity index (χ0v) is 12.8. The first-order valence-electron chi connectivity index (χ1n) is 7.08. The molecule has 112 valence electrons. The Hall–Kier alpha value is -3.38. The van der Waals surface area contributed by atoms with E-state index in [1.54, 1.807) is 18.3 Å². The van der Waals surface area contributed by atoms with Crippen LogP contribution in [0.5, 0.6) is 0 Å². The van der Waals surface area contributed by atoms with Crippen LogP contribution < -0.4 is 0 Å². The van der Waals surface area contributed by atoms with E-state index in [9.17, 15) is 5.26 Å². The highest BCUT2D eigenvalue weighted by Crippen LogP contribution is 2.33. The van der Waals surface area contributed by atoms with Crippen LogP contribution in [0.2, 0.25) is 0 Å². The van der Waals surface area contributed by atoms with Crippen LogP contribution in [-0.4, -0.2) is 20.0 Å². The van der Waals surface area contributed by atoms with Gasteiger partial charge in [-0.2, -0.15) is 20.7 Å². The van der Waals surface area contributed by atoms with Crippen molar-refractivity contribution < 1.29 is 0 Å². The summed E-state index contributed by atoms with van der Waals surface area (Å²) in [6.45, 7) is 11.5. The quantitative estimate of drug-likeness (QED) is 0.754. The molecule has 0 unspecified atom stereocenters. The predicted octanol–water partition coefficient (Wildman–Crippen LogP) is 3.36. The highest BCUT2D eigenvalue weighted by atomic mass is 15.3. The molecule has 2 heterocycles. The number of H-pyrrole nitrogens is 1. The van der Waals surface area contributed by atoms with Crippen molar-refractivity contribution >= 4 is 5.69 Å². The van der Waals surface area contributed by atoms with Gasteiger partial charge in [-0.15, -0.1) is 0 Å². The largest absolute Gasteiger partial charge is 0.341 e. The number of rotatable bonds is 3. The molecule has 0 atom stereocenters. The SMILES string of the molecule is [C-]#[N+]c1ccc(-c2c(C#N)c(C)n(Cc3cn[nH]n3)c2C)cc1. The van der Waals surface area contributed by atoms with Gasteiger partial charge in [0.05, 0.1) is 24.9 Å². The summed E-state index contributed by atoms with van der Waals surface area (Å²) < 4.78 is 2.06. The molecule has 1 aromatic carbocycles. The lowest BCUT2D eigenvalue weighted by atomic mass is 10.0. The zero-order chi connectivity index (χ0) is 16.4. The number of aromatic amines is 1. The van der Waals surface area contributed by atoms with Crippen molar-refractivity contribution in [2.75, 3.05) is 0 Å². The van der Waals surface area contributed by atoms with Crippen molar-refractivity contribution in [2.45, 2.75) is 20.4 Å². The summed E-state index contributed by atoms with van der Waals surface area (Å²) in [5, 5.41) is 20.1. The lowest BCUT2D eigenvalue weighted by molar-refractivity contribution is 0.726. The molecule has 6 nitrogen and oxygen atoms in total. The van der Waals surface area contributed by atoms with Gasteiger partial charge in [0.15, 0.2) is 5.69 Å². The third-order valence-electron chi connectivity index (χ3n) is 3.97. The molecule has 2 aromatic heterocycles. The lowest BCUT2D eigenvalue weighted by Crippen LogP contribution is -2.04. The highest BCUT2D eigenvalue weighted by Gasteiger charge is 2.19. The van der Waals surface area contributed by atoms with Gasteiger partial charge in [0.2, 0.25) is 0 Å². The number of hydrogen-bond acceptors (Lipinski definition) is 3. The van der Waals surface area contributed by atoms with Gasteiger partial charge in [0.25, 0.3) is 0 Å². The minimum absolute atomic E-state index is 0.559. The smallest absolute Gasteiger partial charge is 0.187 e. The standard InChI is InChI=1S/C17H14N6/c1-11-16(8-18)17(13-4-6-14(19-3)7-5-13)12(2)23(11)10-15-9-20-22-21-15/h4-7,9H,10H2,1-2H3,(H,20,21,22). The monoisotopic (exact) mass is 302 g/mol. The summed E-state index contributed by atoms with van der Waals surface area (Å²) in [4.78, 5) is 3.40. The fourth-order valence-electron chi connectivity index (χ4n) is 2.78. The van der Waals surface area contributed by atoms with Gasteiger partial charge in [-0.3, -0.25) is 0 Å². The molecular weight excluding hydrogens is 288 g/mol. The van der Waals surface area contributed by atoms with Crippen LogP contribution >= 0.6 is 0 Å². The number of nitriles is 1. The van der Waals surface area contributed by atoms with Crippen molar-refractivity contribution in [2.24, 2.45) is 0 Å². The van der Waals surface area contributed by atoms with E-state index in [0.29, 0.717) is 17.8 Å². The van der Waals surface area contributed by atoms with Crippen LogP contribution in [0.25, 0.3) is 16.0 Å². The molecule has 0 amide bonds. The van der Waals surface area contributed by atoms with Gasteiger partial charge >= 0.3 is 0 Å². The Bertz CT molecular complexity index is 918. The number of hydrogen-bond donors (Lipinski definition) is 1. The van der Waals surface area contributed by atoms with E-state index in [2.05, 4.69) is 30.9 Å². The molecule has 0 fully saturated rings. The van der Waals surface area contributed by atoms with E-state index >= 15 is 0 Å². The van der Waals surface area contributed by atoms with Crippen molar-refractivity contribution in [3.05, 3.63) is 64.5 Å². The number of benzene rings is 1. The third kappa shape index (κ3) is 2.47. The maximum Gasteiger partial charge on any atom is 0.187 e. The highest BCUT2D eigenvalue weighted by molar-refractivity contribution is 5.76. The number of nitrogens with one attached hydrogen (secondary N) is 1. The Kier molecular flexibility index (Phi) is 3.66. The topological polar surface area (TPSA) is 74.7 Å². The summed E-state index contributed by atoms with van der Waals surface area (Å²) in [6, 6.07) is 9.62. The molecule has 0 aliphatic rings. The Morgan fingerprint density at radius 3 is 2.57 bits per heavy atom. The van der Waals surface area contributed by atoms with Crippen LogP contribution in [0.3, 0.4) is 0 Å². The van der Waals surface area contributed by atoms with Crippen LogP contribution in [0, 0.1) is 31.8 Å². The van der Waals surface area contributed by atoms with E-state index in [-0.39, 0.29) is 0 Å². The first-order chi connectivity index (χ1) is 11.2. The second-order valence-electron chi connectivity index (χ2n) is 5.24. The summed E-state index contributed by atoms with van der Waals surface area (Å²) in [5.74, 6) is 0. The zero-order valence-electron chi connectivity index (χ0n) is 12.8. The van der Waals surface area contributed by atoms with Crippen LogP contribution in [0.15, 0.2) is 30.5 Å². The summed E-state index contributed by atoms with van der Waals surface area (Å²) in [6.07, 6.45) is 1.68. The van der Waals surface area contributed by atoms with E-state index < -0.39 is 0 Å². The number of aromatic nitrogens is 4. The molecule has 6 heteroatoms. The maximum absolute atomic E-state index is 9.58. The summed E-state index contributed by atoms with van der Waals surface area (Å²) >= 11 is 0. The summed E-state index contributed by atoms with van der Waals surface area (Å²) in [7, 11) is 0. The van der Waals surface area contributed by atoms with Gasteiger partial charge in [0, 0.05) is 17.0 Å². The minimum Gasteiger partial charge on any atom is -0.341 e. The molecule has 0 aliphatic carbocycles. The normalized spacial score (nSPS) is 10.3. The molecule has 0 aliphatic heterocycles. The fourth-order valence-corrected chi connectivity index (χ4v) is 2.78. The first kappa shape index (κ1) is 14.6. The van der Waals surface area contributed by atoms with Crippen molar-refractivity contribution in [1.82, 2.24) is 20.0 Å². The van der Waals surface area contributed by atoms with Crippen LogP contribution in [0.4, 0.5) is 5.69 Å². The van der Waals surface area contributed by atoms with Gasteiger partial charge < -0.3 is 4.57 Å². The van der Waals surface area contributed by atoms with Gasteiger partial charge in [-0.25, -0.2) is 4.85 Å². The summed E-state index contributed by atoms with van der Waals surface area (Å²) in [5.41, 5.74) is 5.80. The Morgan fingerprint density at radius 2 is 2.00 bits per heavy atom. The lowest BCUT2D eigenvalue weighted by Gasteiger charge is -2.07. The number of nitrogens with zero attached hydrogens (tertiary/aromatic N) is 5. The molecular formula is C17H14N6. The van der Waals surface area contributed by atoms with Crippen molar-refractivity contribution in [1.29, 1.82) is 5.26 Å². The van der Waals surface area contributed by atoms with Crippen LogP contribution in [0.1, 0.15) is 22.6 Å². The van der Waals surface area contributed by atoms with Gasteiger partial charge in [-0.1, -0.05) is 24.3 Å². The van der Waals surface area contributed by atoms with E-state index in [1.165, 1.54) is 0 Å². The average Bonchev–Trinajstić information content (AvgIpc) is 3.17. The predicted molar refractivity (Wildman–Crippen MR) is 85.8 cm³/mol. The molecule has 3 rings (SSSR count). The van der Waals surface area contributed by atoms with Gasteiger partial charge in [-0.05, 0) is 19.4 Å². The first-order valence-corrected chi connectivity index (χ1v) is 7.08. The van der Waals surface area contributed by atoms with E-state index in [1.807, 2.05) is 26.0 Å². The second-order valence-corrected chi connectivity index (χ2v) is 5.24. The van der Waals surface area contributed by atoms with Gasteiger partial charge in [0.1, 0.15) is 11.8 Å². The Labute approximate surface area is 133 Å². The fraction of sp³-hybridized carbons (Fsp3) is 0.176. The average molecular weight is 302 g/mol. The minimum atomic E-state index is 0.559. The van der Waals surface area contributed by atoms with E-state index in [4.69, 9.17) is 6.57 Å². The van der Waals surface area contributed by atoms with Crippen molar-refractivity contribution in [3.63, 3.8) is 0 Å². The molecule has 0 saturated carbocycles. The molecule has 0 spiro atoms. The molecule has 1 N–H and O–H groups in total. The Balaban J connectivity index is 2.13. The second kappa shape index (κ2) is 5.78. The van der Waals surface area contributed by atoms with Crippen LogP contribution in [-0.2, 0) is 6.54 Å². The molecule has 0 radical (unpaired) electrons. The molecule has 0 saturated heterocycles. The van der Waals surface area contributed by atoms with E-state index in [0.717, 1.165) is 28.2 Å².